The highest BCUT2D eigenvalue weighted by Gasteiger charge is 2.08. The van der Waals surface area contributed by atoms with Crippen LogP contribution in [0.3, 0.4) is 0 Å². The predicted molar refractivity (Wildman–Crippen MR) is 76.3 cm³/mol. The number of unbranched alkanes of at least 4 members (excludes halogenated alkanes) is 1. The van der Waals surface area contributed by atoms with Gasteiger partial charge in [-0.25, -0.2) is 0 Å². The third kappa shape index (κ3) is 6.05. The van der Waals surface area contributed by atoms with Gasteiger partial charge in [0.1, 0.15) is 11.9 Å². The molecule has 3 N–H and O–H groups in total. The first-order chi connectivity index (χ1) is 9.17. The highest BCUT2D eigenvalue weighted by Crippen LogP contribution is 2.19. The first kappa shape index (κ1) is 16.0. The highest BCUT2D eigenvalue weighted by molar-refractivity contribution is 5.30. The van der Waals surface area contributed by atoms with Crippen molar-refractivity contribution >= 4 is 0 Å². The van der Waals surface area contributed by atoms with Crippen LogP contribution in [-0.2, 0) is 4.74 Å². The van der Waals surface area contributed by atoms with E-state index in [-0.39, 0.29) is 12.6 Å². The Balaban J connectivity index is 2.43. The average molecular weight is 267 g/mol. The molecule has 0 aromatic heterocycles. The third-order valence-corrected chi connectivity index (χ3v) is 2.80. The second-order valence-electron chi connectivity index (χ2n) is 4.68. The molecule has 0 aliphatic heterocycles. The van der Waals surface area contributed by atoms with Gasteiger partial charge in [0, 0.05) is 13.2 Å². The summed E-state index contributed by atoms with van der Waals surface area (Å²) in [4.78, 5) is 0. The number of aliphatic hydroxyl groups excluding tert-OH is 1. The van der Waals surface area contributed by atoms with Crippen LogP contribution in [0, 0.1) is 0 Å². The fourth-order valence-corrected chi connectivity index (χ4v) is 1.69. The number of hydrogen-bond donors (Lipinski definition) is 2. The van der Waals surface area contributed by atoms with Crippen LogP contribution in [0.4, 0.5) is 0 Å². The first-order valence-electron chi connectivity index (χ1n) is 6.89. The van der Waals surface area contributed by atoms with Crippen LogP contribution in [0.1, 0.15) is 38.4 Å². The van der Waals surface area contributed by atoms with Crippen molar-refractivity contribution in [2.24, 2.45) is 5.73 Å². The van der Waals surface area contributed by atoms with Crippen molar-refractivity contribution in [1.29, 1.82) is 0 Å². The molecule has 19 heavy (non-hydrogen) atoms. The van der Waals surface area contributed by atoms with E-state index < -0.39 is 6.10 Å². The summed E-state index contributed by atoms with van der Waals surface area (Å²) in [6, 6.07) is 7.39. The number of nitrogens with two attached hydrogens (primary N) is 1. The van der Waals surface area contributed by atoms with Crippen molar-refractivity contribution < 1.29 is 14.6 Å². The van der Waals surface area contributed by atoms with E-state index in [9.17, 15) is 5.11 Å². The molecule has 1 aromatic carbocycles. The summed E-state index contributed by atoms with van der Waals surface area (Å²) in [5.41, 5.74) is 6.22. The van der Waals surface area contributed by atoms with Crippen LogP contribution in [0.15, 0.2) is 24.3 Å². The minimum Gasteiger partial charge on any atom is -0.488 e. The van der Waals surface area contributed by atoms with E-state index in [1.54, 1.807) is 0 Å². The fraction of sp³-hybridized carbons (Fsp3) is 0.600. The molecular weight excluding hydrogens is 242 g/mol. The lowest BCUT2D eigenvalue weighted by Gasteiger charge is -2.16. The van der Waals surface area contributed by atoms with E-state index in [0.717, 1.165) is 30.8 Å². The monoisotopic (exact) mass is 267 g/mol. The summed E-state index contributed by atoms with van der Waals surface area (Å²) < 4.78 is 11.3. The van der Waals surface area contributed by atoms with Crippen molar-refractivity contribution in [2.45, 2.75) is 38.9 Å². The average Bonchev–Trinajstić information content (AvgIpc) is 2.43. The van der Waals surface area contributed by atoms with E-state index in [2.05, 4.69) is 6.92 Å². The molecule has 1 aromatic rings. The van der Waals surface area contributed by atoms with Gasteiger partial charge in [0.15, 0.2) is 0 Å². The van der Waals surface area contributed by atoms with Gasteiger partial charge in [-0.3, -0.25) is 0 Å². The molecule has 0 saturated carbocycles. The molecule has 2 atom stereocenters. The molecule has 1 unspecified atom stereocenters. The largest absolute Gasteiger partial charge is 0.488 e. The number of aliphatic hydroxyl groups is 1. The molecule has 0 spiro atoms. The van der Waals surface area contributed by atoms with Crippen molar-refractivity contribution in [3.05, 3.63) is 29.8 Å². The molecule has 0 amide bonds. The van der Waals surface area contributed by atoms with E-state index in [0.29, 0.717) is 6.61 Å². The lowest BCUT2D eigenvalue weighted by Crippen LogP contribution is -2.19. The summed E-state index contributed by atoms with van der Waals surface area (Å²) in [5.74, 6) is 0.733. The minimum absolute atomic E-state index is 0.0119. The van der Waals surface area contributed by atoms with Crippen LogP contribution in [0.5, 0.6) is 5.75 Å². The van der Waals surface area contributed by atoms with E-state index in [1.807, 2.05) is 31.2 Å². The highest BCUT2D eigenvalue weighted by atomic mass is 16.5. The van der Waals surface area contributed by atoms with Crippen LogP contribution >= 0.6 is 0 Å². The minimum atomic E-state index is -0.639. The summed E-state index contributed by atoms with van der Waals surface area (Å²) in [6.07, 6.45) is 1.56. The lowest BCUT2D eigenvalue weighted by molar-refractivity contribution is 0.0570. The van der Waals surface area contributed by atoms with Gasteiger partial charge in [-0.15, -0.1) is 0 Å². The molecule has 0 saturated heterocycles. The second-order valence-corrected chi connectivity index (χ2v) is 4.68. The zero-order valence-corrected chi connectivity index (χ0v) is 11.8. The molecule has 4 nitrogen and oxygen atoms in total. The maximum absolute atomic E-state index is 9.68. The maximum atomic E-state index is 9.68. The summed E-state index contributed by atoms with van der Waals surface area (Å²) in [5, 5.41) is 9.68. The standard InChI is InChI=1S/C15H25NO3/c1-3-4-8-18-11-12(2)19-14-7-5-6-13(9-14)15(17)10-16/h5-7,9,12,15,17H,3-4,8,10-11,16H2,1-2H3/t12?,15-/m1/s1. The Kier molecular flexibility index (Phi) is 7.48. The Morgan fingerprint density at radius 1 is 1.37 bits per heavy atom. The molecule has 1 rings (SSSR count). The SMILES string of the molecule is CCCCOCC(C)Oc1cccc([C@H](O)CN)c1. The van der Waals surface area contributed by atoms with Crippen LogP contribution < -0.4 is 10.5 Å². The maximum Gasteiger partial charge on any atom is 0.120 e. The van der Waals surface area contributed by atoms with Crippen LogP contribution in [0.2, 0.25) is 0 Å². The molecule has 0 aliphatic carbocycles. The Labute approximate surface area is 115 Å². The Morgan fingerprint density at radius 3 is 2.84 bits per heavy atom. The smallest absolute Gasteiger partial charge is 0.120 e. The van der Waals surface area contributed by atoms with Gasteiger partial charge >= 0.3 is 0 Å². The zero-order valence-electron chi connectivity index (χ0n) is 11.8. The van der Waals surface area contributed by atoms with Crippen LogP contribution in [0.25, 0.3) is 0 Å². The second kappa shape index (κ2) is 8.91. The topological polar surface area (TPSA) is 64.7 Å². The molecule has 0 heterocycles. The van der Waals surface area contributed by atoms with Crippen molar-refractivity contribution in [3.63, 3.8) is 0 Å². The lowest BCUT2D eigenvalue weighted by atomic mass is 10.1. The van der Waals surface area contributed by atoms with Crippen LogP contribution in [-0.4, -0.2) is 31.0 Å². The molecule has 108 valence electrons. The Hall–Kier alpha value is -1.10. The van der Waals surface area contributed by atoms with Crippen molar-refractivity contribution in [1.82, 2.24) is 0 Å². The van der Waals surface area contributed by atoms with E-state index >= 15 is 0 Å². The molecule has 0 fully saturated rings. The van der Waals surface area contributed by atoms with Gasteiger partial charge in [-0.1, -0.05) is 25.5 Å². The third-order valence-electron chi connectivity index (χ3n) is 2.80. The van der Waals surface area contributed by atoms with E-state index in [4.69, 9.17) is 15.2 Å². The Bertz CT molecular complexity index is 357. The predicted octanol–water partition coefficient (Wildman–Crippen LogP) is 2.26. The Morgan fingerprint density at radius 2 is 2.16 bits per heavy atom. The first-order valence-corrected chi connectivity index (χ1v) is 6.89. The van der Waals surface area contributed by atoms with Crippen molar-refractivity contribution in [2.75, 3.05) is 19.8 Å². The van der Waals surface area contributed by atoms with Gasteiger partial charge < -0.3 is 20.3 Å². The molecule has 0 bridgehead atoms. The van der Waals surface area contributed by atoms with Gasteiger partial charge in [-0.05, 0) is 31.0 Å². The quantitative estimate of drug-likeness (QED) is 0.674. The van der Waals surface area contributed by atoms with Gasteiger partial charge in [0.05, 0.1) is 12.7 Å². The molecule has 4 heteroatoms. The summed E-state index contributed by atoms with van der Waals surface area (Å²) >= 11 is 0. The fourth-order valence-electron chi connectivity index (χ4n) is 1.69. The van der Waals surface area contributed by atoms with Crippen molar-refractivity contribution in [3.8, 4) is 5.75 Å². The number of rotatable bonds is 9. The summed E-state index contributed by atoms with van der Waals surface area (Å²) in [6.45, 7) is 5.66. The van der Waals surface area contributed by atoms with Gasteiger partial charge in [-0.2, -0.15) is 0 Å². The van der Waals surface area contributed by atoms with Gasteiger partial charge in [0.2, 0.25) is 0 Å². The number of benzene rings is 1. The molecular formula is C15H25NO3. The normalized spacial score (nSPS) is 14.1. The number of hydrogen-bond acceptors (Lipinski definition) is 4. The zero-order chi connectivity index (χ0) is 14.1. The number of ether oxygens (including phenoxy) is 2. The molecule has 0 radical (unpaired) electrons. The van der Waals surface area contributed by atoms with E-state index in [1.165, 1.54) is 0 Å². The van der Waals surface area contributed by atoms with Gasteiger partial charge in [0.25, 0.3) is 0 Å². The molecule has 0 aliphatic rings. The summed E-state index contributed by atoms with van der Waals surface area (Å²) in [7, 11) is 0.